The number of nitrogens with two attached hydrogens (primary N) is 2. The molecule has 3 rings (SSSR count). The number of aromatic nitrogens is 2. The van der Waals surface area contributed by atoms with Gasteiger partial charge in [-0.05, 0) is 43.2 Å². The van der Waals surface area contributed by atoms with Crippen molar-refractivity contribution in [2.75, 3.05) is 17.6 Å². The number of nitrogens with one attached hydrogen (secondary N) is 1. The molecule has 0 aliphatic rings. The summed E-state index contributed by atoms with van der Waals surface area (Å²) in [5, 5.41) is 4.28. The zero-order valence-corrected chi connectivity index (χ0v) is 18.6. The molecule has 32 heavy (non-hydrogen) atoms. The molecule has 0 aliphatic carbocycles. The Labute approximate surface area is 190 Å². The van der Waals surface area contributed by atoms with Gasteiger partial charge < -0.3 is 21.5 Å². The Kier molecular flexibility index (Phi) is 7.27. The van der Waals surface area contributed by atoms with Gasteiger partial charge in [-0.2, -0.15) is 4.39 Å². The summed E-state index contributed by atoms with van der Waals surface area (Å²) >= 11 is 6.39. The van der Waals surface area contributed by atoms with Crippen LogP contribution in [0.5, 0.6) is 5.75 Å². The first kappa shape index (κ1) is 23.0. The van der Waals surface area contributed by atoms with E-state index in [-0.39, 0.29) is 5.75 Å². The van der Waals surface area contributed by atoms with Gasteiger partial charge in [0.2, 0.25) is 11.7 Å². The van der Waals surface area contributed by atoms with Crippen LogP contribution in [-0.2, 0) is 6.42 Å². The number of allylic oxidation sites excluding steroid dienone is 1. The van der Waals surface area contributed by atoms with Crippen LogP contribution in [-0.4, -0.2) is 22.7 Å². The quantitative estimate of drug-likeness (QED) is 0.184. The van der Waals surface area contributed by atoms with Crippen molar-refractivity contribution in [2.45, 2.75) is 20.3 Å². The molecule has 9 heteroatoms. The van der Waals surface area contributed by atoms with Gasteiger partial charge in [-0.25, -0.2) is 9.97 Å². The SMILES string of the molecule is C=C(C)CN=CC(F)=C(N)Oc1ccc(Nc2ncnc3cc(CC)c(N)cc23)c(Cl)c1. The lowest BCUT2D eigenvalue weighted by Crippen LogP contribution is -2.09. The lowest BCUT2D eigenvalue weighted by molar-refractivity contribution is 0.398. The fourth-order valence-electron chi connectivity index (χ4n) is 2.88. The van der Waals surface area contributed by atoms with E-state index in [4.69, 9.17) is 27.8 Å². The summed E-state index contributed by atoms with van der Waals surface area (Å²) in [4.78, 5) is 12.5. The molecule has 0 saturated heterocycles. The highest BCUT2D eigenvalue weighted by Crippen LogP contribution is 2.32. The third kappa shape index (κ3) is 5.53. The maximum atomic E-state index is 14.0. The van der Waals surface area contributed by atoms with E-state index >= 15 is 0 Å². The minimum Gasteiger partial charge on any atom is -0.438 e. The molecule has 2 aromatic carbocycles. The van der Waals surface area contributed by atoms with Crippen LogP contribution in [0.25, 0.3) is 10.9 Å². The number of ether oxygens (including phenoxy) is 1. The summed E-state index contributed by atoms with van der Waals surface area (Å²) in [5.74, 6) is -0.387. The standard InChI is InChI=1S/C23H24ClFN6O/c1-4-14-7-21-16(9-19(14)26)23(30-12-29-21)31-20-6-5-15(8-17(20)24)32-22(27)18(25)11-28-10-13(2)3/h5-9,11-12H,2,4,10,26-27H2,1,3H3,(H,29,30,31). The number of nitrogen functional groups attached to an aromatic ring is 1. The number of anilines is 3. The second-order valence-corrected chi connectivity index (χ2v) is 7.56. The van der Waals surface area contributed by atoms with Gasteiger partial charge in [0.1, 0.15) is 17.9 Å². The van der Waals surface area contributed by atoms with E-state index in [1.807, 2.05) is 19.1 Å². The second-order valence-electron chi connectivity index (χ2n) is 7.15. The van der Waals surface area contributed by atoms with Gasteiger partial charge in [-0.1, -0.05) is 30.7 Å². The highest BCUT2D eigenvalue weighted by atomic mass is 35.5. The molecule has 7 nitrogen and oxygen atoms in total. The Balaban J connectivity index is 1.81. The van der Waals surface area contributed by atoms with Crippen LogP contribution in [0.2, 0.25) is 5.02 Å². The Morgan fingerprint density at radius 1 is 1.31 bits per heavy atom. The molecule has 0 bridgehead atoms. The first-order valence-electron chi connectivity index (χ1n) is 9.85. The van der Waals surface area contributed by atoms with Crippen molar-refractivity contribution < 1.29 is 9.13 Å². The lowest BCUT2D eigenvalue weighted by atomic mass is 10.1. The van der Waals surface area contributed by atoms with Crippen LogP contribution < -0.4 is 21.5 Å². The first-order valence-corrected chi connectivity index (χ1v) is 10.2. The maximum Gasteiger partial charge on any atom is 0.228 e. The maximum absolute atomic E-state index is 14.0. The molecule has 0 spiro atoms. The van der Waals surface area contributed by atoms with Gasteiger partial charge in [0.15, 0.2) is 0 Å². The number of fused-ring (bicyclic) bond motifs is 1. The van der Waals surface area contributed by atoms with Crippen molar-refractivity contribution in [3.8, 4) is 5.75 Å². The lowest BCUT2D eigenvalue weighted by Gasteiger charge is -2.13. The molecule has 1 aromatic heterocycles. The molecule has 0 atom stereocenters. The van der Waals surface area contributed by atoms with Gasteiger partial charge in [0.25, 0.3) is 0 Å². The van der Waals surface area contributed by atoms with Crippen molar-refractivity contribution in [1.29, 1.82) is 0 Å². The summed E-state index contributed by atoms with van der Waals surface area (Å²) < 4.78 is 19.4. The topological polar surface area (TPSA) is 111 Å². The minimum absolute atomic E-state index is 0.269. The molecule has 1 heterocycles. The van der Waals surface area contributed by atoms with Crippen molar-refractivity contribution in [3.63, 3.8) is 0 Å². The van der Waals surface area contributed by atoms with Gasteiger partial charge in [0, 0.05) is 17.1 Å². The molecule has 0 fully saturated rings. The van der Waals surface area contributed by atoms with E-state index in [1.54, 1.807) is 19.1 Å². The third-order valence-corrected chi connectivity index (χ3v) is 4.81. The first-order chi connectivity index (χ1) is 15.3. The predicted molar refractivity (Wildman–Crippen MR) is 129 cm³/mol. The third-order valence-electron chi connectivity index (χ3n) is 4.50. The molecule has 5 N–H and O–H groups in total. The number of aryl methyl sites for hydroxylation is 1. The van der Waals surface area contributed by atoms with E-state index in [0.29, 0.717) is 28.8 Å². The average Bonchev–Trinajstić information content (AvgIpc) is 2.75. The predicted octanol–water partition coefficient (Wildman–Crippen LogP) is 5.29. The zero-order chi connectivity index (χ0) is 23.3. The Hall–Kier alpha value is -3.65. The minimum atomic E-state index is -0.791. The van der Waals surface area contributed by atoms with Crippen molar-refractivity contribution in [3.05, 3.63) is 71.1 Å². The van der Waals surface area contributed by atoms with E-state index in [0.717, 1.165) is 34.7 Å². The van der Waals surface area contributed by atoms with Gasteiger partial charge in [0.05, 0.1) is 29.0 Å². The van der Waals surface area contributed by atoms with Crippen LogP contribution >= 0.6 is 11.6 Å². The molecule has 0 radical (unpaired) electrons. The molecule has 0 unspecified atom stereocenters. The zero-order valence-electron chi connectivity index (χ0n) is 17.8. The second kappa shape index (κ2) is 10.1. The summed E-state index contributed by atoms with van der Waals surface area (Å²) in [6.07, 6.45) is 3.27. The molecule has 0 aliphatic heterocycles. The Morgan fingerprint density at radius 2 is 2.09 bits per heavy atom. The highest BCUT2D eigenvalue weighted by molar-refractivity contribution is 6.33. The van der Waals surface area contributed by atoms with E-state index in [9.17, 15) is 4.39 Å². The van der Waals surface area contributed by atoms with E-state index in [1.165, 1.54) is 12.4 Å². The Morgan fingerprint density at radius 3 is 2.78 bits per heavy atom. The van der Waals surface area contributed by atoms with Crippen LogP contribution in [0.1, 0.15) is 19.4 Å². The number of hydrogen-bond acceptors (Lipinski definition) is 7. The van der Waals surface area contributed by atoms with Crippen molar-refractivity contribution in [1.82, 2.24) is 9.97 Å². The fourth-order valence-corrected chi connectivity index (χ4v) is 3.10. The van der Waals surface area contributed by atoms with Gasteiger partial charge in [-0.3, -0.25) is 4.99 Å². The monoisotopic (exact) mass is 454 g/mol. The molecule has 0 saturated carbocycles. The summed E-state index contributed by atoms with van der Waals surface area (Å²) in [6, 6.07) is 8.58. The largest absolute Gasteiger partial charge is 0.438 e. The Bertz CT molecular complexity index is 1220. The number of nitrogens with zero attached hydrogens (tertiary/aromatic N) is 3. The number of rotatable bonds is 8. The summed E-state index contributed by atoms with van der Waals surface area (Å²) in [5.41, 5.74) is 15.6. The summed E-state index contributed by atoms with van der Waals surface area (Å²) in [6.45, 7) is 7.81. The number of aliphatic imine (C=N–C) groups is 1. The van der Waals surface area contributed by atoms with E-state index < -0.39 is 11.7 Å². The number of hydrogen-bond donors (Lipinski definition) is 3. The molecule has 166 valence electrons. The molecule has 0 amide bonds. The van der Waals surface area contributed by atoms with E-state index in [2.05, 4.69) is 26.9 Å². The van der Waals surface area contributed by atoms with Crippen molar-refractivity contribution in [2.24, 2.45) is 10.7 Å². The van der Waals surface area contributed by atoms with Crippen LogP contribution in [0.3, 0.4) is 0 Å². The fraction of sp³-hybridized carbons (Fsp3) is 0.174. The molecular weight excluding hydrogens is 431 g/mol. The molecule has 3 aromatic rings. The molecular formula is C23H24ClFN6O. The summed E-state index contributed by atoms with van der Waals surface area (Å²) in [7, 11) is 0. The van der Waals surface area contributed by atoms with Crippen molar-refractivity contribution >= 4 is 45.9 Å². The van der Waals surface area contributed by atoms with Crippen LogP contribution in [0, 0.1) is 0 Å². The van der Waals surface area contributed by atoms with Gasteiger partial charge in [-0.15, -0.1) is 0 Å². The van der Waals surface area contributed by atoms with Gasteiger partial charge >= 0.3 is 0 Å². The number of benzene rings is 2. The van der Waals surface area contributed by atoms with Crippen LogP contribution in [0.15, 0.2) is 65.5 Å². The number of halogens is 2. The normalized spacial score (nSPS) is 12.1. The average molecular weight is 455 g/mol. The smallest absolute Gasteiger partial charge is 0.228 e. The van der Waals surface area contributed by atoms with Crippen LogP contribution in [0.4, 0.5) is 21.6 Å². The highest BCUT2D eigenvalue weighted by Gasteiger charge is 2.11.